The van der Waals surface area contributed by atoms with Gasteiger partial charge in [0.15, 0.2) is 0 Å². The molecular formula is C5H4BBrClNO2. The second-order valence-electron chi connectivity index (χ2n) is 1.90. The summed E-state index contributed by atoms with van der Waals surface area (Å²) in [7, 11) is -1.57. The largest absolute Gasteiger partial charge is 0.491 e. The molecule has 0 aliphatic carbocycles. The van der Waals surface area contributed by atoms with E-state index in [1.807, 2.05) is 0 Å². The molecule has 1 aromatic heterocycles. The van der Waals surface area contributed by atoms with Crippen molar-refractivity contribution < 1.29 is 10.0 Å². The number of halogens is 2. The van der Waals surface area contributed by atoms with Crippen LogP contribution in [-0.4, -0.2) is 22.2 Å². The minimum atomic E-state index is -1.57. The topological polar surface area (TPSA) is 53.4 Å². The van der Waals surface area contributed by atoms with Gasteiger partial charge in [-0.05, 0) is 22.0 Å². The summed E-state index contributed by atoms with van der Waals surface area (Å²) in [5.41, 5.74) is 0.204. The summed E-state index contributed by atoms with van der Waals surface area (Å²) >= 11 is 8.72. The Kier molecular flexibility index (Phi) is 2.89. The molecule has 0 bridgehead atoms. The van der Waals surface area contributed by atoms with E-state index in [-0.39, 0.29) is 10.5 Å². The fraction of sp³-hybridized carbons (Fsp3) is 0. The predicted molar refractivity (Wildman–Crippen MR) is 46.8 cm³/mol. The van der Waals surface area contributed by atoms with Crippen LogP contribution >= 0.6 is 27.5 Å². The molecule has 2 N–H and O–H groups in total. The van der Waals surface area contributed by atoms with Gasteiger partial charge in [0.25, 0.3) is 0 Å². The highest BCUT2D eigenvalue weighted by Gasteiger charge is 2.15. The summed E-state index contributed by atoms with van der Waals surface area (Å²) in [6, 6.07) is 1.50. The van der Waals surface area contributed by atoms with Crippen LogP contribution in [0.2, 0.25) is 5.02 Å². The maximum absolute atomic E-state index is 8.71. The van der Waals surface area contributed by atoms with Crippen LogP contribution in [0.5, 0.6) is 0 Å². The van der Waals surface area contributed by atoms with Crippen molar-refractivity contribution in [2.75, 3.05) is 0 Å². The van der Waals surface area contributed by atoms with Crippen molar-refractivity contribution in [1.29, 1.82) is 0 Å². The van der Waals surface area contributed by atoms with E-state index in [1.165, 1.54) is 12.3 Å². The molecule has 58 valence electrons. The zero-order valence-electron chi connectivity index (χ0n) is 5.33. The first-order chi connectivity index (χ1) is 5.11. The molecule has 0 atom stereocenters. The summed E-state index contributed by atoms with van der Waals surface area (Å²) in [5.74, 6) is 0. The van der Waals surface area contributed by atoms with Crippen molar-refractivity contribution in [1.82, 2.24) is 4.98 Å². The first-order valence-corrected chi connectivity index (χ1v) is 3.95. The molecule has 6 heteroatoms. The summed E-state index contributed by atoms with van der Waals surface area (Å²) in [6.45, 7) is 0. The average molecular weight is 236 g/mol. The average Bonchev–Trinajstić information content (AvgIpc) is 1.85. The Labute approximate surface area is 77.3 Å². The fourth-order valence-electron chi connectivity index (χ4n) is 0.608. The quantitative estimate of drug-likeness (QED) is 0.540. The van der Waals surface area contributed by atoms with Gasteiger partial charge in [-0.2, -0.15) is 0 Å². The van der Waals surface area contributed by atoms with E-state index < -0.39 is 7.12 Å². The molecule has 1 rings (SSSR count). The number of hydrogen-bond acceptors (Lipinski definition) is 3. The highest BCUT2D eigenvalue weighted by atomic mass is 79.9. The Morgan fingerprint density at radius 3 is 2.64 bits per heavy atom. The van der Waals surface area contributed by atoms with Gasteiger partial charge in [-0.25, -0.2) is 4.98 Å². The van der Waals surface area contributed by atoms with Crippen LogP contribution in [0.15, 0.2) is 16.9 Å². The molecule has 0 aliphatic heterocycles. The number of aromatic nitrogens is 1. The van der Waals surface area contributed by atoms with E-state index in [0.29, 0.717) is 4.60 Å². The van der Waals surface area contributed by atoms with Crippen LogP contribution in [-0.2, 0) is 0 Å². The van der Waals surface area contributed by atoms with Crippen molar-refractivity contribution in [3.63, 3.8) is 0 Å². The molecule has 0 fully saturated rings. The third-order valence-corrected chi connectivity index (χ3v) is 1.89. The molecule has 0 saturated carbocycles. The first-order valence-electron chi connectivity index (χ1n) is 2.78. The second-order valence-corrected chi connectivity index (χ2v) is 3.12. The van der Waals surface area contributed by atoms with Gasteiger partial charge >= 0.3 is 7.12 Å². The van der Waals surface area contributed by atoms with Crippen molar-refractivity contribution in [3.05, 3.63) is 21.9 Å². The number of rotatable bonds is 1. The molecule has 0 saturated heterocycles. The van der Waals surface area contributed by atoms with Crippen LogP contribution in [0.3, 0.4) is 0 Å². The zero-order valence-corrected chi connectivity index (χ0v) is 7.67. The summed E-state index contributed by atoms with van der Waals surface area (Å²) in [4.78, 5) is 3.77. The normalized spacial score (nSPS) is 9.82. The zero-order chi connectivity index (χ0) is 8.43. The summed E-state index contributed by atoms with van der Waals surface area (Å²) < 4.78 is 0.562. The van der Waals surface area contributed by atoms with Crippen molar-refractivity contribution in [3.8, 4) is 0 Å². The highest BCUT2D eigenvalue weighted by molar-refractivity contribution is 9.10. The predicted octanol–water partition coefficient (Wildman–Crippen LogP) is 0.177. The van der Waals surface area contributed by atoms with E-state index in [9.17, 15) is 0 Å². The smallest absolute Gasteiger partial charge is 0.423 e. The SMILES string of the molecule is OB(O)c1cnc(Br)cc1Cl. The molecule has 0 radical (unpaired) electrons. The molecule has 0 amide bonds. The van der Waals surface area contributed by atoms with E-state index in [4.69, 9.17) is 21.6 Å². The Bertz CT molecular complexity index is 271. The number of pyridine rings is 1. The maximum Gasteiger partial charge on any atom is 0.491 e. The monoisotopic (exact) mass is 235 g/mol. The lowest BCUT2D eigenvalue weighted by molar-refractivity contribution is 0.425. The van der Waals surface area contributed by atoms with E-state index in [2.05, 4.69) is 20.9 Å². The van der Waals surface area contributed by atoms with Gasteiger partial charge in [-0.1, -0.05) is 11.6 Å². The van der Waals surface area contributed by atoms with Gasteiger partial charge in [-0.3, -0.25) is 0 Å². The molecule has 11 heavy (non-hydrogen) atoms. The maximum atomic E-state index is 8.71. The third kappa shape index (κ3) is 2.17. The van der Waals surface area contributed by atoms with Crippen LogP contribution in [0.25, 0.3) is 0 Å². The van der Waals surface area contributed by atoms with Gasteiger partial charge in [0.05, 0.1) is 0 Å². The highest BCUT2D eigenvalue weighted by Crippen LogP contribution is 2.11. The molecule has 0 aliphatic rings. The molecule has 1 aromatic rings. The Morgan fingerprint density at radius 2 is 2.18 bits per heavy atom. The second kappa shape index (κ2) is 3.54. The Balaban J connectivity index is 3.09. The van der Waals surface area contributed by atoms with Gasteiger partial charge in [0.2, 0.25) is 0 Å². The van der Waals surface area contributed by atoms with Crippen LogP contribution in [0.1, 0.15) is 0 Å². The van der Waals surface area contributed by atoms with E-state index in [0.717, 1.165) is 0 Å². The number of hydrogen-bond donors (Lipinski definition) is 2. The van der Waals surface area contributed by atoms with E-state index in [1.54, 1.807) is 0 Å². The van der Waals surface area contributed by atoms with Gasteiger partial charge in [0, 0.05) is 16.7 Å². The fourth-order valence-corrected chi connectivity index (χ4v) is 1.32. The van der Waals surface area contributed by atoms with Crippen molar-refractivity contribution in [2.24, 2.45) is 0 Å². The number of nitrogens with zero attached hydrogens (tertiary/aromatic N) is 1. The molecule has 3 nitrogen and oxygen atoms in total. The van der Waals surface area contributed by atoms with E-state index >= 15 is 0 Å². The van der Waals surface area contributed by atoms with Crippen molar-refractivity contribution >= 4 is 40.1 Å². The molecule has 0 spiro atoms. The van der Waals surface area contributed by atoms with Crippen LogP contribution in [0.4, 0.5) is 0 Å². The molecule has 0 unspecified atom stereocenters. The van der Waals surface area contributed by atoms with Gasteiger partial charge in [-0.15, -0.1) is 0 Å². The molecular weight excluding hydrogens is 232 g/mol. The first kappa shape index (κ1) is 9.00. The standard InChI is InChI=1S/C5H4BBrClNO2/c7-5-1-4(8)3(2-9-5)6(10)11/h1-2,10-11H. The summed E-state index contributed by atoms with van der Waals surface area (Å²) in [6.07, 6.45) is 1.30. The minimum Gasteiger partial charge on any atom is -0.423 e. The Morgan fingerprint density at radius 1 is 1.55 bits per heavy atom. The lowest BCUT2D eigenvalue weighted by Crippen LogP contribution is -2.31. The third-order valence-electron chi connectivity index (χ3n) is 1.13. The van der Waals surface area contributed by atoms with Gasteiger partial charge in [0.1, 0.15) is 4.60 Å². The van der Waals surface area contributed by atoms with Gasteiger partial charge < -0.3 is 10.0 Å². The lowest BCUT2D eigenvalue weighted by Gasteiger charge is -2.00. The van der Waals surface area contributed by atoms with Crippen LogP contribution in [0, 0.1) is 0 Å². The van der Waals surface area contributed by atoms with Crippen molar-refractivity contribution in [2.45, 2.75) is 0 Å². The minimum absolute atomic E-state index is 0.204. The summed E-state index contributed by atoms with van der Waals surface area (Å²) in [5, 5.41) is 17.7. The molecule has 1 heterocycles. The lowest BCUT2D eigenvalue weighted by atomic mass is 9.82. The Hall–Kier alpha value is -0.0951. The molecule has 0 aromatic carbocycles. The van der Waals surface area contributed by atoms with Crippen LogP contribution < -0.4 is 5.46 Å².